The Balaban J connectivity index is 1.66. The van der Waals surface area contributed by atoms with Gasteiger partial charge in [0.25, 0.3) is 0 Å². The third kappa shape index (κ3) is 2.94. The fourth-order valence-electron chi connectivity index (χ4n) is 3.25. The maximum atomic E-state index is 9.23. The average Bonchev–Trinajstić information content (AvgIpc) is 3.08. The molecule has 1 aromatic carbocycles. The minimum absolute atomic E-state index is 0.200. The Morgan fingerprint density at radius 2 is 2.12 bits per heavy atom. The maximum absolute atomic E-state index is 9.23. The number of piperidine rings is 1. The average molecular weight is 333 g/mol. The molecule has 3 heterocycles. The first-order chi connectivity index (χ1) is 12.3. The molecular formula is C19H19N5O. The van der Waals surface area contributed by atoms with Crippen LogP contribution in [0.4, 0.5) is 0 Å². The van der Waals surface area contributed by atoms with Crippen LogP contribution in [-0.2, 0) is 0 Å². The standard InChI is InChI=1S/C19H19N5O/c1-12-19(25-14-5-7-21-8-6-14)23-11-17(24-12)16-10-22-18-13(9-20)3-2-4-15(16)18/h2-4,10-11,14,21-22H,5-8H2,1H3. The van der Waals surface area contributed by atoms with Crippen molar-refractivity contribution in [3.05, 3.63) is 41.9 Å². The quantitative estimate of drug-likeness (QED) is 0.769. The van der Waals surface area contributed by atoms with Gasteiger partial charge in [-0.25, -0.2) is 9.97 Å². The van der Waals surface area contributed by atoms with E-state index in [0.717, 1.165) is 53.8 Å². The lowest BCUT2D eigenvalue weighted by Gasteiger charge is -2.23. The van der Waals surface area contributed by atoms with Crippen LogP contribution in [-0.4, -0.2) is 34.1 Å². The maximum Gasteiger partial charge on any atom is 0.235 e. The Kier molecular flexibility index (Phi) is 4.08. The number of hydrogen-bond acceptors (Lipinski definition) is 5. The van der Waals surface area contributed by atoms with Gasteiger partial charge in [-0.2, -0.15) is 5.26 Å². The number of nitriles is 1. The molecular weight excluding hydrogens is 314 g/mol. The molecule has 0 amide bonds. The summed E-state index contributed by atoms with van der Waals surface area (Å²) >= 11 is 0. The van der Waals surface area contributed by atoms with Crippen LogP contribution in [0.3, 0.4) is 0 Å². The van der Waals surface area contributed by atoms with Crippen LogP contribution in [0.1, 0.15) is 24.1 Å². The SMILES string of the molecule is Cc1nc(-c2c[nH]c3c(C#N)cccc23)cnc1OC1CCNCC1. The van der Waals surface area contributed by atoms with Crippen molar-refractivity contribution in [1.29, 1.82) is 5.26 Å². The summed E-state index contributed by atoms with van der Waals surface area (Å²) in [4.78, 5) is 12.4. The lowest BCUT2D eigenvalue weighted by molar-refractivity contribution is 0.154. The predicted octanol–water partition coefficient (Wildman–Crippen LogP) is 2.94. The van der Waals surface area contributed by atoms with Gasteiger partial charge in [0.05, 0.1) is 23.0 Å². The molecule has 6 heteroatoms. The highest BCUT2D eigenvalue weighted by atomic mass is 16.5. The van der Waals surface area contributed by atoms with Gasteiger partial charge in [0.2, 0.25) is 5.88 Å². The van der Waals surface area contributed by atoms with Gasteiger partial charge in [-0.3, -0.25) is 0 Å². The predicted molar refractivity (Wildman–Crippen MR) is 95.3 cm³/mol. The summed E-state index contributed by atoms with van der Waals surface area (Å²) < 4.78 is 6.02. The zero-order valence-corrected chi connectivity index (χ0v) is 14.0. The van der Waals surface area contributed by atoms with Crippen molar-refractivity contribution < 1.29 is 4.74 Å². The lowest BCUT2D eigenvalue weighted by Crippen LogP contribution is -2.34. The molecule has 6 nitrogen and oxygen atoms in total. The number of nitrogens with one attached hydrogen (secondary N) is 2. The molecule has 1 saturated heterocycles. The van der Waals surface area contributed by atoms with E-state index < -0.39 is 0 Å². The van der Waals surface area contributed by atoms with Crippen LogP contribution >= 0.6 is 0 Å². The molecule has 2 aromatic heterocycles. The van der Waals surface area contributed by atoms with Gasteiger partial charge in [0, 0.05) is 17.1 Å². The number of para-hydroxylation sites is 1. The second kappa shape index (κ2) is 6.54. The smallest absolute Gasteiger partial charge is 0.235 e. The second-order valence-corrected chi connectivity index (χ2v) is 6.26. The van der Waals surface area contributed by atoms with E-state index >= 15 is 0 Å². The molecule has 25 heavy (non-hydrogen) atoms. The first-order valence-electron chi connectivity index (χ1n) is 8.48. The van der Waals surface area contributed by atoms with Crippen LogP contribution in [0.25, 0.3) is 22.2 Å². The van der Waals surface area contributed by atoms with Crippen LogP contribution < -0.4 is 10.1 Å². The Hall–Kier alpha value is -2.91. The normalized spacial score (nSPS) is 15.2. The number of aromatic nitrogens is 3. The van der Waals surface area contributed by atoms with Crippen molar-refractivity contribution in [3.63, 3.8) is 0 Å². The first-order valence-corrected chi connectivity index (χ1v) is 8.48. The van der Waals surface area contributed by atoms with Gasteiger partial charge in [0.1, 0.15) is 17.9 Å². The molecule has 2 N–H and O–H groups in total. The van der Waals surface area contributed by atoms with Crippen LogP contribution in [0.5, 0.6) is 5.88 Å². The van der Waals surface area contributed by atoms with Crippen molar-refractivity contribution >= 4 is 10.9 Å². The number of ether oxygens (including phenoxy) is 1. The zero-order chi connectivity index (χ0) is 17.2. The number of H-pyrrole nitrogens is 1. The highest BCUT2D eigenvalue weighted by Crippen LogP contribution is 2.30. The highest BCUT2D eigenvalue weighted by Gasteiger charge is 2.18. The third-order valence-electron chi connectivity index (χ3n) is 4.58. The summed E-state index contributed by atoms with van der Waals surface area (Å²) in [5.74, 6) is 0.605. The molecule has 0 unspecified atom stereocenters. The summed E-state index contributed by atoms with van der Waals surface area (Å²) in [7, 11) is 0. The molecule has 0 bridgehead atoms. The lowest BCUT2D eigenvalue weighted by atomic mass is 10.1. The number of aryl methyl sites for hydroxylation is 1. The summed E-state index contributed by atoms with van der Waals surface area (Å²) in [5, 5.41) is 13.5. The summed E-state index contributed by atoms with van der Waals surface area (Å²) in [6, 6.07) is 7.88. The summed E-state index contributed by atoms with van der Waals surface area (Å²) in [6.07, 6.45) is 5.80. The molecule has 0 saturated carbocycles. The molecule has 4 rings (SSSR count). The van der Waals surface area contributed by atoms with E-state index in [1.807, 2.05) is 25.3 Å². The molecule has 0 aliphatic carbocycles. The Morgan fingerprint density at radius 1 is 1.28 bits per heavy atom. The largest absolute Gasteiger partial charge is 0.473 e. The minimum atomic E-state index is 0.200. The van der Waals surface area contributed by atoms with Gasteiger partial charge in [-0.15, -0.1) is 0 Å². The Morgan fingerprint density at radius 3 is 2.88 bits per heavy atom. The topological polar surface area (TPSA) is 86.6 Å². The van der Waals surface area contributed by atoms with Crippen LogP contribution in [0, 0.1) is 18.3 Å². The number of nitrogens with zero attached hydrogens (tertiary/aromatic N) is 3. The number of aromatic amines is 1. The second-order valence-electron chi connectivity index (χ2n) is 6.26. The van der Waals surface area contributed by atoms with Crippen molar-refractivity contribution in [2.24, 2.45) is 0 Å². The Labute approximate surface area is 145 Å². The van der Waals surface area contributed by atoms with Crippen molar-refractivity contribution in [2.75, 3.05) is 13.1 Å². The fourth-order valence-corrected chi connectivity index (χ4v) is 3.25. The van der Waals surface area contributed by atoms with Gasteiger partial charge >= 0.3 is 0 Å². The summed E-state index contributed by atoms with van der Waals surface area (Å²) in [6.45, 7) is 3.88. The van der Waals surface area contributed by atoms with Crippen molar-refractivity contribution in [2.45, 2.75) is 25.9 Å². The summed E-state index contributed by atoms with van der Waals surface area (Å²) in [5.41, 5.74) is 3.95. The molecule has 126 valence electrons. The van der Waals surface area contributed by atoms with E-state index in [-0.39, 0.29) is 6.10 Å². The number of hydrogen-bond donors (Lipinski definition) is 2. The minimum Gasteiger partial charge on any atom is -0.473 e. The Bertz CT molecular complexity index is 950. The van der Waals surface area contributed by atoms with Gasteiger partial charge in [-0.1, -0.05) is 12.1 Å². The molecule has 1 fully saturated rings. The van der Waals surface area contributed by atoms with Gasteiger partial charge in [-0.05, 0) is 38.9 Å². The molecule has 1 aliphatic heterocycles. The monoisotopic (exact) mass is 333 g/mol. The molecule has 0 spiro atoms. The molecule has 1 aliphatic rings. The van der Waals surface area contributed by atoms with Crippen molar-refractivity contribution in [1.82, 2.24) is 20.3 Å². The fraction of sp³-hybridized carbons (Fsp3) is 0.316. The van der Waals surface area contributed by atoms with E-state index in [1.54, 1.807) is 12.3 Å². The van der Waals surface area contributed by atoms with Crippen molar-refractivity contribution in [3.8, 4) is 23.2 Å². The molecule has 3 aromatic rings. The van der Waals surface area contributed by atoms with Crippen LogP contribution in [0.15, 0.2) is 30.6 Å². The van der Waals surface area contributed by atoms with Gasteiger partial charge in [0.15, 0.2) is 0 Å². The van der Waals surface area contributed by atoms with E-state index in [9.17, 15) is 5.26 Å². The van der Waals surface area contributed by atoms with Crippen LogP contribution in [0.2, 0.25) is 0 Å². The third-order valence-corrected chi connectivity index (χ3v) is 4.58. The van der Waals surface area contributed by atoms with E-state index in [0.29, 0.717) is 11.4 Å². The number of benzene rings is 1. The number of fused-ring (bicyclic) bond motifs is 1. The molecule has 0 radical (unpaired) electrons. The van der Waals surface area contributed by atoms with E-state index in [1.165, 1.54) is 0 Å². The molecule has 0 atom stereocenters. The van der Waals surface area contributed by atoms with E-state index in [2.05, 4.69) is 26.3 Å². The number of rotatable bonds is 3. The zero-order valence-electron chi connectivity index (χ0n) is 14.0. The first kappa shape index (κ1) is 15.6. The van der Waals surface area contributed by atoms with Gasteiger partial charge < -0.3 is 15.0 Å². The van der Waals surface area contributed by atoms with E-state index in [4.69, 9.17) is 4.74 Å². The highest BCUT2D eigenvalue weighted by molar-refractivity contribution is 5.97.